The first-order chi connectivity index (χ1) is 21.1. The van der Waals surface area contributed by atoms with Crippen LogP contribution in [0.3, 0.4) is 0 Å². The monoisotopic (exact) mass is 550 g/mol. The maximum atomic E-state index is 8.13. The Morgan fingerprint density at radius 1 is 0.651 bits per heavy atom. The molecule has 43 heavy (non-hydrogen) atoms. The van der Waals surface area contributed by atoms with Crippen molar-refractivity contribution in [2.45, 2.75) is 19.3 Å². The zero-order chi connectivity index (χ0) is 28.9. The Morgan fingerprint density at radius 3 is 2.14 bits per heavy atom. The van der Waals surface area contributed by atoms with Gasteiger partial charge in [0.1, 0.15) is 11.2 Å². The molecular weight excluding hydrogens is 524 g/mol. The average Bonchev–Trinajstić information content (AvgIpc) is 3.66. The summed E-state index contributed by atoms with van der Waals surface area (Å²) in [5.41, 5.74) is 12.6. The molecule has 0 fully saturated rings. The summed E-state index contributed by atoms with van der Waals surface area (Å²) >= 11 is 0. The zero-order valence-electron chi connectivity index (χ0n) is 23.8. The van der Waals surface area contributed by atoms with Gasteiger partial charge in [-0.15, -0.1) is 0 Å². The Morgan fingerprint density at radius 2 is 1.37 bits per heavy atom. The number of fused-ring (bicyclic) bond motifs is 10. The normalized spacial score (nSPS) is 13.5. The van der Waals surface area contributed by atoms with E-state index in [-0.39, 0.29) is 5.41 Å². The number of rotatable bonds is 2. The fourth-order valence-electron chi connectivity index (χ4n) is 7.52. The fourth-order valence-corrected chi connectivity index (χ4v) is 7.52. The molecule has 0 unspecified atom stereocenters. The van der Waals surface area contributed by atoms with Crippen LogP contribution in [0.25, 0.3) is 76.5 Å². The summed E-state index contributed by atoms with van der Waals surface area (Å²) in [7, 11) is 0. The third-order valence-electron chi connectivity index (χ3n) is 9.41. The minimum Gasteiger partial charge on any atom is -0.456 e. The van der Waals surface area contributed by atoms with Crippen LogP contribution < -0.4 is 0 Å². The molecule has 2 heterocycles. The van der Waals surface area contributed by atoms with E-state index in [2.05, 4.69) is 132 Å². The second-order valence-corrected chi connectivity index (χ2v) is 12.0. The molecule has 1 aliphatic rings. The highest BCUT2D eigenvalue weighted by atomic mass is 16.3. The van der Waals surface area contributed by atoms with Crippen molar-refractivity contribution in [2.24, 2.45) is 0 Å². The smallest absolute Gasteiger partial charge is 0.196 e. The van der Waals surface area contributed by atoms with Crippen LogP contribution in [-0.4, -0.2) is 4.57 Å². The van der Waals surface area contributed by atoms with E-state index in [4.69, 9.17) is 11.0 Å². The van der Waals surface area contributed by atoms with E-state index in [9.17, 15) is 0 Å². The lowest BCUT2D eigenvalue weighted by atomic mass is 9.82. The topological polar surface area (TPSA) is 22.4 Å². The molecule has 6 aromatic carbocycles. The molecular formula is C40H26N2O. The lowest BCUT2D eigenvalue weighted by Gasteiger charge is -2.21. The van der Waals surface area contributed by atoms with Gasteiger partial charge in [0.05, 0.1) is 17.6 Å². The molecule has 202 valence electrons. The second kappa shape index (κ2) is 8.47. The summed E-state index contributed by atoms with van der Waals surface area (Å²) in [5, 5.41) is 4.57. The predicted octanol–water partition coefficient (Wildman–Crippen LogP) is 11.2. The Bertz CT molecular complexity index is 2450. The van der Waals surface area contributed by atoms with Crippen LogP contribution in [0.15, 0.2) is 126 Å². The molecule has 0 atom stereocenters. The maximum absolute atomic E-state index is 8.13. The molecule has 9 rings (SSSR count). The molecule has 0 saturated heterocycles. The molecule has 0 bridgehead atoms. The quantitative estimate of drug-likeness (QED) is 0.196. The minimum absolute atomic E-state index is 0.164. The van der Waals surface area contributed by atoms with Gasteiger partial charge in [-0.3, -0.25) is 0 Å². The number of nitrogens with zero attached hydrogens (tertiary/aromatic N) is 2. The second-order valence-electron chi connectivity index (χ2n) is 12.0. The number of aromatic nitrogens is 1. The molecule has 2 aromatic heterocycles. The van der Waals surface area contributed by atoms with E-state index >= 15 is 0 Å². The van der Waals surface area contributed by atoms with Crippen molar-refractivity contribution in [1.29, 1.82) is 0 Å². The minimum atomic E-state index is -0.164. The van der Waals surface area contributed by atoms with Crippen molar-refractivity contribution < 1.29 is 4.42 Å². The average molecular weight is 551 g/mol. The van der Waals surface area contributed by atoms with Crippen molar-refractivity contribution in [1.82, 2.24) is 4.57 Å². The Hall–Kier alpha value is -5.59. The highest BCUT2D eigenvalue weighted by molar-refractivity contribution is 6.12. The number of para-hydroxylation sites is 2. The van der Waals surface area contributed by atoms with Gasteiger partial charge in [-0.25, -0.2) is 4.85 Å². The summed E-state index contributed by atoms with van der Waals surface area (Å²) in [6.07, 6.45) is 0. The molecule has 0 N–H and O–H groups in total. The third kappa shape index (κ3) is 3.13. The fraction of sp³-hybridized carbons (Fsp3) is 0.0750. The van der Waals surface area contributed by atoms with Crippen molar-refractivity contribution in [3.63, 3.8) is 0 Å². The van der Waals surface area contributed by atoms with Crippen molar-refractivity contribution in [3.8, 4) is 27.9 Å². The first-order valence-electron chi connectivity index (χ1n) is 14.7. The lowest BCUT2D eigenvalue weighted by Crippen LogP contribution is -2.15. The van der Waals surface area contributed by atoms with Crippen LogP contribution >= 0.6 is 0 Å². The van der Waals surface area contributed by atoms with Crippen LogP contribution in [0.5, 0.6) is 0 Å². The van der Waals surface area contributed by atoms with Gasteiger partial charge in [-0.2, -0.15) is 0 Å². The van der Waals surface area contributed by atoms with Crippen LogP contribution in [0.1, 0.15) is 25.0 Å². The summed E-state index contributed by atoms with van der Waals surface area (Å²) in [5.74, 6) is 0. The molecule has 0 saturated carbocycles. The highest BCUT2D eigenvalue weighted by Gasteiger charge is 2.38. The third-order valence-corrected chi connectivity index (χ3v) is 9.41. The number of furan rings is 1. The summed E-state index contributed by atoms with van der Waals surface area (Å²) in [6, 6.07) is 42.6. The van der Waals surface area contributed by atoms with Gasteiger partial charge in [0.2, 0.25) is 0 Å². The lowest BCUT2D eigenvalue weighted by molar-refractivity contribution is 0.620. The first-order valence-corrected chi connectivity index (χ1v) is 14.7. The molecule has 0 amide bonds. The van der Waals surface area contributed by atoms with E-state index in [1.165, 1.54) is 33.0 Å². The van der Waals surface area contributed by atoms with Crippen molar-refractivity contribution >= 4 is 49.4 Å². The van der Waals surface area contributed by atoms with Crippen molar-refractivity contribution in [3.05, 3.63) is 144 Å². The van der Waals surface area contributed by atoms with Gasteiger partial charge in [0.15, 0.2) is 5.69 Å². The van der Waals surface area contributed by atoms with Crippen LogP contribution in [-0.2, 0) is 5.41 Å². The number of hydrogen-bond acceptors (Lipinski definition) is 1. The maximum Gasteiger partial charge on any atom is 0.196 e. The van der Waals surface area contributed by atoms with Crippen molar-refractivity contribution in [2.75, 3.05) is 0 Å². The molecule has 1 aliphatic carbocycles. The predicted molar refractivity (Wildman–Crippen MR) is 177 cm³/mol. The Balaban J connectivity index is 1.32. The Labute approximate surface area is 249 Å². The standard InChI is InChI=1S/C40H26N2O/c1-40(2)31-14-7-4-11-25(31)28-20-21-29-30-23-24(19-22-36(30)43-39(29)38(28)40)37-32(41-3)15-10-18-35(37)42-33-16-8-5-12-26(33)27-13-6-9-17-34(27)42/h4-23H,1-2H3. The van der Waals surface area contributed by atoms with E-state index in [0.717, 1.165) is 49.8 Å². The van der Waals surface area contributed by atoms with Gasteiger partial charge in [-0.1, -0.05) is 98.8 Å². The molecule has 8 aromatic rings. The van der Waals surface area contributed by atoms with Crippen LogP contribution in [0.4, 0.5) is 5.69 Å². The molecule has 0 radical (unpaired) electrons. The number of benzene rings is 6. The zero-order valence-corrected chi connectivity index (χ0v) is 23.8. The van der Waals surface area contributed by atoms with Crippen LogP contribution in [0, 0.1) is 6.57 Å². The first kappa shape index (κ1) is 24.1. The molecule has 3 heteroatoms. The molecule has 0 spiro atoms. The molecule has 0 aliphatic heterocycles. The number of hydrogen-bond donors (Lipinski definition) is 0. The van der Waals surface area contributed by atoms with Gasteiger partial charge < -0.3 is 8.98 Å². The summed E-state index contributed by atoms with van der Waals surface area (Å²) in [4.78, 5) is 4.01. The van der Waals surface area contributed by atoms with E-state index in [1.54, 1.807) is 0 Å². The van der Waals surface area contributed by atoms with E-state index in [0.29, 0.717) is 5.69 Å². The summed E-state index contributed by atoms with van der Waals surface area (Å²) in [6.45, 7) is 12.7. The summed E-state index contributed by atoms with van der Waals surface area (Å²) < 4.78 is 8.97. The van der Waals surface area contributed by atoms with E-state index < -0.39 is 0 Å². The van der Waals surface area contributed by atoms with Gasteiger partial charge in [0.25, 0.3) is 0 Å². The van der Waals surface area contributed by atoms with Gasteiger partial charge in [-0.05, 0) is 58.7 Å². The van der Waals surface area contributed by atoms with E-state index in [1.807, 2.05) is 12.1 Å². The highest BCUT2D eigenvalue weighted by Crippen LogP contribution is 2.53. The SMILES string of the molecule is [C-]#[N+]c1cccc(-n2c3ccccc3c3ccccc32)c1-c1ccc2oc3c4c(ccc3c2c1)-c1ccccc1C4(C)C. The Kier molecular flexibility index (Phi) is 4.74. The molecule has 3 nitrogen and oxygen atoms in total. The van der Waals surface area contributed by atoms with Gasteiger partial charge >= 0.3 is 0 Å². The van der Waals surface area contributed by atoms with Crippen LogP contribution in [0.2, 0.25) is 0 Å². The van der Waals surface area contributed by atoms with Gasteiger partial charge in [0, 0.05) is 43.8 Å². The largest absolute Gasteiger partial charge is 0.456 e.